The highest BCUT2D eigenvalue weighted by atomic mass is 16.3. The highest BCUT2D eigenvalue weighted by Crippen LogP contribution is 2.08. The van der Waals surface area contributed by atoms with Crippen molar-refractivity contribution in [2.75, 3.05) is 6.61 Å². The van der Waals surface area contributed by atoms with Gasteiger partial charge in [-0.15, -0.1) is 0 Å². The Kier molecular flexibility index (Phi) is 4.44. The molecule has 1 aromatic heterocycles. The van der Waals surface area contributed by atoms with Gasteiger partial charge < -0.3 is 10.4 Å². The maximum absolute atomic E-state index is 9.09. The fraction of sp³-hybridized carbons (Fsp3) is 0.385. The molecule has 5 heteroatoms. The highest BCUT2D eigenvalue weighted by molar-refractivity contribution is 5.33. The molecule has 2 rings (SSSR count). The van der Waals surface area contributed by atoms with E-state index in [4.69, 9.17) is 5.11 Å². The van der Waals surface area contributed by atoms with Crippen LogP contribution in [-0.2, 0) is 6.54 Å². The first kappa shape index (κ1) is 12.7. The lowest BCUT2D eigenvalue weighted by Crippen LogP contribution is -2.31. The summed E-state index contributed by atoms with van der Waals surface area (Å²) in [6.07, 6.45) is 4.11. The number of aliphatic hydroxyl groups is 1. The lowest BCUT2D eigenvalue weighted by Gasteiger charge is -2.13. The summed E-state index contributed by atoms with van der Waals surface area (Å²) in [5.41, 5.74) is 2.18. The first-order valence-corrected chi connectivity index (χ1v) is 6.11. The van der Waals surface area contributed by atoms with Gasteiger partial charge in [-0.2, -0.15) is 5.10 Å². The average Bonchev–Trinajstić information content (AvgIpc) is 2.94. The monoisotopic (exact) mass is 246 g/mol. The lowest BCUT2D eigenvalue weighted by atomic mass is 10.2. The second-order valence-electron chi connectivity index (χ2n) is 4.18. The third kappa shape index (κ3) is 3.15. The minimum atomic E-state index is 0.167. The Hall–Kier alpha value is -1.72. The van der Waals surface area contributed by atoms with Gasteiger partial charge in [-0.05, 0) is 24.1 Å². The highest BCUT2D eigenvalue weighted by Gasteiger charge is 2.03. The molecule has 0 amide bonds. The van der Waals surface area contributed by atoms with Gasteiger partial charge in [-0.1, -0.05) is 19.1 Å². The largest absolute Gasteiger partial charge is 0.395 e. The average molecular weight is 246 g/mol. The van der Waals surface area contributed by atoms with Crippen molar-refractivity contribution in [2.24, 2.45) is 0 Å². The molecule has 0 fully saturated rings. The quantitative estimate of drug-likeness (QED) is 0.802. The zero-order valence-electron chi connectivity index (χ0n) is 10.5. The maximum Gasteiger partial charge on any atom is 0.138 e. The van der Waals surface area contributed by atoms with Gasteiger partial charge in [-0.25, -0.2) is 9.67 Å². The number of benzene rings is 1. The molecule has 0 aliphatic carbocycles. The Morgan fingerprint density at radius 1 is 1.33 bits per heavy atom. The van der Waals surface area contributed by atoms with E-state index >= 15 is 0 Å². The number of rotatable bonds is 6. The van der Waals surface area contributed by atoms with Crippen molar-refractivity contribution < 1.29 is 5.11 Å². The van der Waals surface area contributed by atoms with Gasteiger partial charge in [0, 0.05) is 12.6 Å². The van der Waals surface area contributed by atoms with Crippen LogP contribution >= 0.6 is 0 Å². The smallest absolute Gasteiger partial charge is 0.138 e. The molecule has 1 aromatic carbocycles. The summed E-state index contributed by atoms with van der Waals surface area (Å²) in [6.45, 7) is 2.99. The lowest BCUT2D eigenvalue weighted by molar-refractivity contribution is 0.238. The summed E-state index contributed by atoms with van der Waals surface area (Å²) >= 11 is 0. The van der Waals surface area contributed by atoms with Gasteiger partial charge >= 0.3 is 0 Å². The van der Waals surface area contributed by atoms with Gasteiger partial charge in [0.1, 0.15) is 12.7 Å². The predicted molar refractivity (Wildman–Crippen MR) is 69.4 cm³/mol. The number of hydrogen-bond donors (Lipinski definition) is 2. The van der Waals surface area contributed by atoms with Crippen LogP contribution < -0.4 is 5.32 Å². The van der Waals surface area contributed by atoms with Gasteiger partial charge in [0.2, 0.25) is 0 Å². The summed E-state index contributed by atoms with van der Waals surface area (Å²) in [5.74, 6) is 0. The van der Waals surface area contributed by atoms with Crippen LogP contribution in [0.3, 0.4) is 0 Å². The fourth-order valence-corrected chi connectivity index (χ4v) is 1.71. The third-order valence-electron chi connectivity index (χ3n) is 2.93. The van der Waals surface area contributed by atoms with Crippen molar-refractivity contribution in [3.8, 4) is 5.69 Å². The first-order valence-electron chi connectivity index (χ1n) is 6.11. The van der Waals surface area contributed by atoms with Gasteiger partial charge in [-0.3, -0.25) is 0 Å². The number of hydrogen-bond acceptors (Lipinski definition) is 4. The van der Waals surface area contributed by atoms with E-state index in [1.54, 1.807) is 11.0 Å². The van der Waals surface area contributed by atoms with Crippen LogP contribution in [0.15, 0.2) is 36.9 Å². The van der Waals surface area contributed by atoms with Crippen molar-refractivity contribution in [1.82, 2.24) is 20.1 Å². The number of nitrogens with one attached hydrogen (secondary N) is 1. The van der Waals surface area contributed by atoms with Crippen molar-refractivity contribution in [3.63, 3.8) is 0 Å². The second-order valence-corrected chi connectivity index (χ2v) is 4.18. The normalized spacial score (nSPS) is 12.6. The van der Waals surface area contributed by atoms with Crippen molar-refractivity contribution in [2.45, 2.75) is 25.9 Å². The molecule has 1 atom stereocenters. The molecular weight excluding hydrogens is 228 g/mol. The molecular formula is C13H18N4O. The summed E-state index contributed by atoms with van der Waals surface area (Å²) in [6, 6.07) is 8.28. The fourth-order valence-electron chi connectivity index (χ4n) is 1.71. The van der Waals surface area contributed by atoms with Crippen LogP contribution in [-0.4, -0.2) is 32.5 Å². The zero-order chi connectivity index (χ0) is 12.8. The molecule has 0 radical (unpaired) electrons. The Balaban J connectivity index is 1.96. The Labute approximate surface area is 106 Å². The van der Waals surface area contributed by atoms with Gasteiger partial charge in [0.15, 0.2) is 0 Å². The molecule has 5 nitrogen and oxygen atoms in total. The van der Waals surface area contributed by atoms with Gasteiger partial charge in [0.25, 0.3) is 0 Å². The summed E-state index contributed by atoms with van der Waals surface area (Å²) in [4.78, 5) is 3.91. The molecule has 0 aliphatic heterocycles. The molecule has 1 heterocycles. The van der Waals surface area contributed by atoms with E-state index in [0.29, 0.717) is 0 Å². The Morgan fingerprint density at radius 3 is 2.67 bits per heavy atom. The van der Waals surface area contributed by atoms with Crippen LogP contribution in [0.1, 0.15) is 18.9 Å². The van der Waals surface area contributed by atoms with Crippen molar-refractivity contribution >= 4 is 0 Å². The molecule has 2 aromatic rings. The summed E-state index contributed by atoms with van der Waals surface area (Å²) in [5, 5.41) is 16.5. The Morgan fingerprint density at radius 2 is 2.11 bits per heavy atom. The third-order valence-corrected chi connectivity index (χ3v) is 2.93. The van der Waals surface area contributed by atoms with Crippen LogP contribution in [0.2, 0.25) is 0 Å². The molecule has 2 N–H and O–H groups in total. The molecule has 96 valence electrons. The minimum Gasteiger partial charge on any atom is -0.395 e. The zero-order valence-corrected chi connectivity index (χ0v) is 10.5. The number of nitrogens with zero attached hydrogens (tertiary/aromatic N) is 3. The van der Waals surface area contributed by atoms with Gasteiger partial charge in [0.05, 0.1) is 12.3 Å². The SMILES string of the molecule is CCC(CO)NCc1ccc(-n2cncn2)cc1. The van der Waals surface area contributed by atoms with E-state index in [0.717, 1.165) is 18.7 Å². The molecule has 0 saturated heterocycles. The first-order chi connectivity index (χ1) is 8.83. The van der Waals surface area contributed by atoms with E-state index < -0.39 is 0 Å². The molecule has 0 saturated carbocycles. The van der Waals surface area contributed by atoms with Crippen molar-refractivity contribution in [1.29, 1.82) is 0 Å². The predicted octanol–water partition coefficient (Wildman–Crippen LogP) is 1.13. The van der Waals surface area contributed by atoms with Crippen LogP contribution in [0.25, 0.3) is 5.69 Å². The number of aliphatic hydroxyl groups excluding tert-OH is 1. The molecule has 0 bridgehead atoms. The van der Waals surface area contributed by atoms with Crippen molar-refractivity contribution in [3.05, 3.63) is 42.5 Å². The van der Waals surface area contributed by atoms with Crippen LogP contribution in [0.5, 0.6) is 0 Å². The van der Waals surface area contributed by atoms with E-state index in [2.05, 4.69) is 22.3 Å². The van der Waals surface area contributed by atoms with Crippen LogP contribution in [0.4, 0.5) is 0 Å². The van der Waals surface area contributed by atoms with E-state index in [-0.39, 0.29) is 12.6 Å². The maximum atomic E-state index is 9.09. The molecule has 0 aliphatic rings. The van der Waals surface area contributed by atoms with Crippen LogP contribution in [0, 0.1) is 0 Å². The molecule has 1 unspecified atom stereocenters. The standard InChI is InChI=1S/C13H18N4O/c1-2-12(8-18)15-7-11-3-5-13(6-4-11)17-10-14-9-16-17/h3-6,9-10,12,15,18H,2,7-8H2,1H3. The van der Waals surface area contributed by atoms with E-state index in [1.807, 2.05) is 24.3 Å². The summed E-state index contributed by atoms with van der Waals surface area (Å²) in [7, 11) is 0. The number of aromatic nitrogens is 3. The second kappa shape index (κ2) is 6.28. The Bertz CT molecular complexity index is 448. The topological polar surface area (TPSA) is 63.0 Å². The minimum absolute atomic E-state index is 0.167. The molecule has 0 spiro atoms. The van der Waals surface area contributed by atoms with E-state index in [9.17, 15) is 0 Å². The van der Waals surface area contributed by atoms with E-state index in [1.165, 1.54) is 11.9 Å². The molecule has 18 heavy (non-hydrogen) atoms. The summed E-state index contributed by atoms with van der Waals surface area (Å²) < 4.78 is 1.72.